The van der Waals surface area contributed by atoms with Crippen molar-refractivity contribution in [3.8, 4) is 0 Å². The largest absolute Gasteiger partial charge is 0.299 e. The van der Waals surface area contributed by atoms with Crippen molar-refractivity contribution in [3.05, 3.63) is 30.1 Å². The van der Waals surface area contributed by atoms with Crippen LogP contribution >= 0.6 is 0 Å². The second kappa shape index (κ2) is 5.21. The Bertz CT molecular complexity index is 407. The van der Waals surface area contributed by atoms with Crippen molar-refractivity contribution in [3.63, 3.8) is 0 Å². The molecule has 1 heterocycles. The van der Waals surface area contributed by atoms with Crippen LogP contribution in [0.2, 0.25) is 0 Å². The van der Waals surface area contributed by atoms with Crippen LogP contribution in [0.5, 0.6) is 0 Å². The van der Waals surface area contributed by atoms with Crippen molar-refractivity contribution in [1.29, 1.82) is 0 Å². The standard InChI is InChI=1S/C14H19NO2/c1-10(2)14(3,4)13(17)9-12(16)11-5-7-15-8-6-11/h5-8,10H,9H2,1-4H3. The molecule has 1 rings (SSSR count). The van der Waals surface area contributed by atoms with E-state index in [1.54, 1.807) is 24.5 Å². The molecule has 0 aromatic carbocycles. The lowest BCUT2D eigenvalue weighted by molar-refractivity contribution is -0.128. The van der Waals surface area contributed by atoms with Gasteiger partial charge in [-0.25, -0.2) is 0 Å². The molecular formula is C14H19NO2. The third kappa shape index (κ3) is 3.22. The predicted molar refractivity (Wildman–Crippen MR) is 66.8 cm³/mol. The Labute approximate surface area is 102 Å². The zero-order valence-corrected chi connectivity index (χ0v) is 10.9. The van der Waals surface area contributed by atoms with Crippen LogP contribution in [0.1, 0.15) is 44.5 Å². The number of aromatic nitrogens is 1. The summed E-state index contributed by atoms with van der Waals surface area (Å²) in [5.41, 5.74) is 0.0933. The van der Waals surface area contributed by atoms with Gasteiger partial charge in [0.25, 0.3) is 0 Å². The molecule has 0 bridgehead atoms. The molecule has 0 aliphatic heterocycles. The second-order valence-electron chi connectivity index (χ2n) is 5.14. The molecule has 1 aromatic heterocycles. The zero-order valence-electron chi connectivity index (χ0n) is 10.9. The highest BCUT2D eigenvalue weighted by molar-refractivity contribution is 6.09. The van der Waals surface area contributed by atoms with Gasteiger partial charge in [0.1, 0.15) is 5.78 Å². The monoisotopic (exact) mass is 233 g/mol. The fourth-order valence-corrected chi connectivity index (χ4v) is 1.34. The number of carbonyl (C=O) groups excluding carboxylic acids is 2. The lowest BCUT2D eigenvalue weighted by Gasteiger charge is -2.27. The third-order valence-corrected chi connectivity index (χ3v) is 3.49. The van der Waals surface area contributed by atoms with E-state index in [1.807, 2.05) is 27.7 Å². The molecule has 0 unspecified atom stereocenters. The molecule has 0 N–H and O–H groups in total. The molecule has 3 heteroatoms. The van der Waals surface area contributed by atoms with E-state index in [4.69, 9.17) is 0 Å². The van der Waals surface area contributed by atoms with Crippen molar-refractivity contribution in [2.45, 2.75) is 34.1 Å². The van der Waals surface area contributed by atoms with Crippen LogP contribution in [0.3, 0.4) is 0 Å². The van der Waals surface area contributed by atoms with Gasteiger partial charge in [0.05, 0.1) is 6.42 Å². The maximum absolute atomic E-state index is 12.1. The molecule has 0 saturated carbocycles. The lowest BCUT2D eigenvalue weighted by atomic mass is 9.75. The van der Waals surface area contributed by atoms with Gasteiger partial charge in [-0.05, 0) is 18.1 Å². The molecule has 0 spiro atoms. The summed E-state index contributed by atoms with van der Waals surface area (Å²) in [6.45, 7) is 7.77. The van der Waals surface area contributed by atoms with Gasteiger partial charge in [-0.3, -0.25) is 14.6 Å². The summed E-state index contributed by atoms with van der Waals surface area (Å²) in [5.74, 6) is 0.0840. The fraction of sp³-hybridized carbons (Fsp3) is 0.500. The van der Waals surface area contributed by atoms with Gasteiger partial charge in [-0.1, -0.05) is 27.7 Å². The van der Waals surface area contributed by atoms with Gasteiger partial charge in [-0.15, -0.1) is 0 Å². The average molecular weight is 233 g/mol. The summed E-state index contributed by atoms with van der Waals surface area (Å²) in [6.07, 6.45) is 3.09. The Kier molecular flexibility index (Phi) is 4.16. The fourth-order valence-electron chi connectivity index (χ4n) is 1.34. The summed E-state index contributed by atoms with van der Waals surface area (Å²) in [5, 5.41) is 0. The molecular weight excluding hydrogens is 214 g/mol. The number of rotatable bonds is 5. The van der Waals surface area contributed by atoms with Crippen LogP contribution in [0, 0.1) is 11.3 Å². The van der Waals surface area contributed by atoms with Crippen molar-refractivity contribution in [2.75, 3.05) is 0 Å². The van der Waals surface area contributed by atoms with Crippen LogP contribution in [0.25, 0.3) is 0 Å². The average Bonchev–Trinajstić information content (AvgIpc) is 2.29. The van der Waals surface area contributed by atoms with Crippen molar-refractivity contribution < 1.29 is 9.59 Å². The smallest absolute Gasteiger partial charge is 0.170 e. The van der Waals surface area contributed by atoms with E-state index < -0.39 is 5.41 Å². The lowest BCUT2D eigenvalue weighted by Crippen LogP contribution is -2.31. The molecule has 0 aliphatic carbocycles. The van der Waals surface area contributed by atoms with Crippen molar-refractivity contribution >= 4 is 11.6 Å². The van der Waals surface area contributed by atoms with Crippen LogP contribution < -0.4 is 0 Å². The van der Waals surface area contributed by atoms with Crippen LogP contribution in [-0.4, -0.2) is 16.6 Å². The molecule has 0 aliphatic rings. The van der Waals surface area contributed by atoms with E-state index in [9.17, 15) is 9.59 Å². The summed E-state index contributed by atoms with van der Waals surface area (Å²) >= 11 is 0. The second-order valence-corrected chi connectivity index (χ2v) is 5.14. The van der Waals surface area contributed by atoms with Crippen LogP contribution in [0.15, 0.2) is 24.5 Å². The number of carbonyl (C=O) groups is 2. The molecule has 0 radical (unpaired) electrons. The SMILES string of the molecule is CC(C)C(C)(C)C(=O)CC(=O)c1ccncc1. The van der Waals surface area contributed by atoms with E-state index in [0.29, 0.717) is 5.56 Å². The maximum Gasteiger partial charge on any atom is 0.170 e. The van der Waals surface area contributed by atoms with E-state index in [2.05, 4.69) is 4.98 Å². The minimum atomic E-state index is -0.456. The minimum Gasteiger partial charge on any atom is -0.299 e. The molecule has 92 valence electrons. The summed E-state index contributed by atoms with van der Waals surface area (Å²) in [7, 11) is 0. The van der Waals surface area contributed by atoms with Crippen LogP contribution in [0.4, 0.5) is 0 Å². The maximum atomic E-state index is 12.1. The quantitative estimate of drug-likeness (QED) is 0.580. The number of Topliss-reactive ketones (excluding diaryl/α,β-unsaturated/α-hetero) is 2. The Balaban J connectivity index is 2.74. The minimum absolute atomic E-state index is 0.00527. The number of hydrogen-bond acceptors (Lipinski definition) is 3. The van der Waals surface area contributed by atoms with E-state index >= 15 is 0 Å². The summed E-state index contributed by atoms with van der Waals surface area (Å²) < 4.78 is 0. The Morgan fingerprint density at radius 1 is 1.24 bits per heavy atom. The number of ketones is 2. The molecule has 3 nitrogen and oxygen atoms in total. The van der Waals surface area contributed by atoms with Gasteiger partial charge in [0.15, 0.2) is 5.78 Å². The summed E-state index contributed by atoms with van der Waals surface area (Å²) in [4.78, 5) is 27.8. The highest BCUT2D eigenvalue weighted by atomic mass is 16.1. The number of hydrogen-bond donors (Lipinski definition) is 0. The van der Waals surface area contributed by atoms with E-state index in [1.165, 1.54) is 0 Å². The molecule has 0 amide bonds. The molecule has 1 aromatic rings. The normalized spacial score (nSPS) is 11.6. The number of nitrogens with zero attached hydrogens (tertiary/aromatic N) is 1. The molecule has 0 atom stereocenters. The highest BCUT2D eigenvalue weighted by Crippen LogP contribution is 2.28. The summed E-state index contributed by atoms with van der Waals surface area (Å²) in [6, 6.07) is 3.27. The van der Waals surface area contributed by atoms with Crippen molar-refractivity contribution in [2.24, 2.45) is 11.3 Å². The molecule has 0 saturated heterocycles. The molecule has 17 heavy (non-hydrogen) atoms. The first-order valence-electron chi connectivity index (χ1n) is 5.82. The van der Waals surface area contributed by atoms with Gasteiger partial charge >= 0.3 is 0 Å². The zero-order chi connectivity index (χ0) is 13.1. The third-order valence-electron chi connectivity index (χ3n) is 3.49. The van der Waals surface area contributed by atoms with Gasteiger partial charge in [0.2, 0.25) is 0 Å². The first-order chi connectivity index (χ1) is 7.85. The van der Waals surface area contributed by atoms with Gasteiger partial charge in [0, 0.05) is 23.4 Å². The first kappa shape index (κ1) is 13.6. The van der Waals surface area contributed by atoms with E-state index in [0.717, 1.165) is 0 Å². The highest BCUT2D eigenvalue weighted by Gasteiger charge is 2.32. The number of pyridine rings is 1. The Hall–Kier alpha value is -1.51. The predicted octanol–water partition coefficient (Wildman–Crippen LogP) is 2.91. The van der Waals surface area contributed by atoms with Gasteiger partial charge in [-0.2, -0.15) is 0 Å². The van der Waals surface area contributed by atoms with Crippen LogP contribution in [-0.2, 0) is 4.79 Å². The van der Waals surface area contributed by atoms with E-state index in [-0.39, 0.29) is 23.9 Å². The van der Waals surface area contributed by atoms with Gasteiger partial charge < -0.3 is 0 Å². The topological polar surface area (TPSA) is 47.0 Å². The first-order valence-corrected chi connectivity index (χ1v) is 5.82. The van der Waals surface area contributed by atoms with Crippen molar-refractivity contribution in [1.82, 2.24) is 4.98 Å². The Morgan fingerprint density at radius 3 is 2.24 bits per heavy atom. The Morgan fingerprint density at radius 2 is 1.76 bits per heavy atom. The molecule has 0 fully saturated rings.